The van der Waals surface area contributed by atoms with E-state index in [0.717, 1.165) is 22.8 Å². The summed E-state index contributed by atoms with van der Waals surface area (Å²) in [4.78, 5) is 4.60. The SMILES string of the molecule is CC(C)(N)CCc1nc2ccc(Br)cc2s1. The zero-order chi connectivity index (χ0) is 11.8. The smallest absolute Gasteiger partial charge is 0.0939 e. The van der Waals surface area contributed by atoms with Gasteiger partial charge >= 0.3 is 0 Å². The number of rotatable bonds is 3. The van der Waals surface area contributed by atoms with Crippen LogP contribution in [0.4, 0.5) is 0 Å². The molecule has 0 fully saturated rings. The Morgan fingerprint density at radius 2 is 2.19 bits per heavy atom. The molecule has 0 amide bonds. The van der Waals surface area contributed by atoms with E-state index < -0.39 is 0 Å². The molecule has 0 aliphatic carbocycles. The second-order valence-electron chi connectivity index (χ2n) is 4.71. The molecule has 4 heteroatoms. The van der Waals surface area contributed by atoms with Crippen molar-refractivity contribution in [3.8, 4) is 0 Å². The van der Waals surface area contributed by atoms with Crippen molar-refractivity contribution in [3.05, 3.63) is 27.7 Å². The maximum absolute atomic E-state index is 5.97. The molecular weight excluding hydrogens is 284 g/mol. The van der Waals surface area contributed by atoms with E-state index in [2.05, 4.69) is 40.8 Å². The molecule has 0 aliphatic heterocycles. The molecule has 0 saturated heterocycles. The Kier molecular flexibility index (Phi) is 3.33. The van der Waals surface area contributed by atoms with Crippen LogP contribution < -0.4 is 5.73 Å². The molecule has 0 atom stereocenters. The fraction of sp³-hybridized carbons (Fsp3) is 0.417. The molecule has 2 rings (SSSR count). The fourth-order valence-electron chi connectivity index (χ4n) is 1.48. The summed E-state index contributed by atoms with van der Waals surface area (Å²) in [7, 11) is 0. The minimum atomic E-state index is -0.113. The first-order valence-corrected chi connectivity index (χ1v) is 6.89. The Bertz CT molecular complexity index is 499. The van der Waals surface area contributed by atoms with Gasteiger partial charge in [0.05, 0.1) is 15.2 Å². The summed E-state index contributed by atoms with van der Waals surface area (Å²) >= 11 is 5.23. The van der Waals surface area contributed by atoms with Gasteiger partial charge in [-0.15, -0.1) is 11.3 Å². The van der Waals surface area contributed by atoms with Gasteiger partial charge in [0.2, 0.25) is 0 Å². The third-order valence-electron chi connectivity index (χ3n) is 2.38. The van der Waals surface area contributed by atoms with Crippen LogP contribution in [0.3, 0.4) is 0 Å². The summed E-state index contributed by atoms with van der Waals surface area (Å²) in [6, 6.07) is 6.19. The minimum Gasteiger partial charge on any atom is -0.326 e. The summed E-state index contributed by atoms with van der Waals surface area (Å²) in [6.45, 7) is 4.10. The van der Waals surface area contributed by atoms with E-state index in [4.69, 9.17) is 5.73 Å². The standard InChI is InChI=1S/C12H15BrN2S/c1-12(2,14)6-5-11-15-9-4-3-8(13)7-10(9)16-11/h3-4,7H,5-6,14H2,1-2H3. The van der Waals surface area contributed by atoms with E-state index in [1.807, 2.05) is 12.1 Å². The number of nitrogens with zero attached hydrogens (tertiary/aromatic N) is 1. The number of fused-ring (bicyclic) bond motifs is 1. The highest BCUT2D eigenvalue weighted by atomic mass is 79.9. The molecule has 2 aromatic rings. The van der Waals surface area contributed by atoms with E-state index >= 15 is 0 Å². The number of aryl methyl sites for hydroxylation is 1. The third kappa shape index (κ3) is 3.03. The van der Waals surface area contributed by atoms with Gasteiger partial charge in [0.1, 0.15) is 0 Å². The van der Waals surface area contributed by atoms with Crippen molar-refractivity contribution in [1.29, 1.82) is 0 Å². The van der Waals surface area contributed by atoms with E-state index in [0.29, 0.717) is 0 Å². The number of aromatic nitrogens is 1. The quantitative estimate of drug-likeness (QED) is 0.938. The molecule has 0 radical (unpaired) electrons. The molecule has 0 saturated carbocycles. The molecule has 1 heterocycles. The molecular formula is C12H15BrN2S. The van der Waals surface area contributed by atoms with Gasteiger partial charge in [-0.05, 0) is 38.5 Å². The summed E-state index contributed by atoms with van der Waals surface area (Å²) < 4.78 is 2.34. The molecule has 0 unspecified atom stereocenters. The predicted molar refractivity (Wildman–Crippen MR) is 73.9 cm³/mol. The summed E-state index contributed by atoms with van der Waals surface area (Å²) in [5.41, 5.74) is 6.94. The second-order valence-corrected chi connectivity index (χ2v) is 6.74. The van der Waals surface area contributed by atoms with Crippen molar-refractivity contribution in [2.24, 2.45) is 5.73 Å². The first-order valence-electron chi connectivity index (χ1n) is 5.28. The maximum atomic E-state index is 5.97. The molecule has 1 aromatic heterocycles. The van der Waals surface area contributed by atoms with E-state index in [9.17, 15) is 0 Å². The van der Waals surface area contributed by atoms with Gasteiger partial charge in [-0.2, -0.15) is 0 Å². The van der Waals surface area contributed by atoms with Crippen LogP contribution in [0.15, 0.2) is 22.7 Å². The van der Waals surface area contributed by atoms with E-state index in [1.54, 1.807) is 11.3 Å². The van der Waals surface area contributed by atoms with Crippen molar-refractivity contribution >= 4 is 37.5 Å². The van der Waals surface area contributed by atoms with Gasteiger partial charge in [-0.25, -0.2) is 4.98 Å². The van der Waals surface area contributed by atoms with Crippen LogP contribution in [0, 0.1) is 0 Å². The lowest BCUT2D eigenvalue weighted by atomic mass is 10.0. The highest BCUT2D eigenvalue weighted by Crippen LogP contribution is 2.26. The van der Waals surface area contributed by atoms with Gasteiger partial charge in [0.15, 0.2) is 0 Å². The molecule has 1 aromatic carbocycles. The molecule has 0 spiro atoms. The Balaban J connectivity index is 2.20. The van der Waals surface area contributed by atoms with Crippen molar-refractivity contribution in [2.45, 2.75) is 32.2 Å². The molecule has 0 bridgehead atoms. The number of benzene rings is 1. The average molecular weight is 299 g/mol. The van der Waals surface area contributed by atoms with E-state index in [-0.39, 0.29) is 5.54 Å². The van der Waals surface area contributed by atoms with Crippen LogP contribution >= 0.6 is 27.3 Å². The van der Waals surface area contributed by atoms with Crippen molar-refractivity contribution in [1.82, 2.24) is 4.98 Å². The Hall–Kier alpha value is -0.450. The predicted octanol–water partition coefficient (Wildman–Crippen LogP) is 3.73. The first-order chi connectivity index (χ1) is 7.44. The Morgan fingerprint density at radius 3 is 2.88 bits per heavy atom. The van der Waals surface area contributed by atoms with Crippen LogP contribution in [0.1, 0.15) is 25.3 Å². The normalized spacial score (nSPS) is 12.2. The highest BCUT2D eigenvalue weighted by molar-refractivity contribution is 9.10. The number of halogens is 1. The Morgan fingerprint density at radius 1 is 1.44 bits per heavy atom. The van der Waals surface area contributed by atoms with Crippen LogP contribution in [-0.4, -0.2) is 10.5 Å². The zero-order valence-corrected chi connectivity index (χ0v) is 11.9. The summed E-state index contributed by atoms with van der Waals surface area (Å²) in [6.07, 6.45) is 1.93. The number of nitrogens with two attached hydrogens (primary N) is 1. The lowest BCUT2D eigenvalue weighted by molar-refractivity contribution is 0.476. The molecule has 2 N–H and O–H groups in total. The monoisotopic (exact) mass is 298 g/mol. The fourth-order valence-corrected chi connectivity index (χ4v) is 3.00. The largest absolute Gasteiger partial charge is 0.326 e. The topological polar surface area (TPSA) is 38.9 Å². The minimum absolute atomic E-state index is 0.113. The van der Waals surface area contributed by atoms with Gasteiger partial charge in [0.25, 0.3) is 0 Å². The molecule has 86 valence electrons. The van der Waals surface area contributed by atoms with Gasteiger partial charge < -0.3 is 5.73 Å². The van der Waals surface area contributed by atoms with Crippen LogP contribution in [0.25, 0.3) is 10.2 Å². The lowest BCUT2D eigenvalue weighted by Gasteiger charge is -2.16. The van der Waals surface area contributed by atoms with Crippen LogP contribution in [0.2, 0.25) is 0 Å². The summed E-state index contributed by atoms with van der Waals surface area (Å²) in [5.74, 6) is 0. The van der Waals surface area contributed by atoms with Crippen LogP contribution in [-0.2, 0) is 6.42 Å². The number of hydrogen-bond acceptors (Lipinski definition) is 3. The maximum Gasteiger partial charge on any atom is 0.0939 e. The Labute approximate surface area is 108 Å². The van der Waals surface area contributed by atoms with E-state index in [1.165, 1.54) is 9.71 Å². The highest BCUT2D eigenvalue weighted by Gasteiger charge is 2.12. The molecule has 0 aliphatic rings. The van der Waals surface area contributed by atoms with Gasteiger partial charge in [-0.3, -0.25) is 0 Å². The van der Waals surface area contributed by atoms with Crippen molar-refractivity contribution in [2.75, 3.05) is 0 Å². The van der Waals surface area contributed by atoms with Crippen molar-refractivity contribution in [3.63, 3.8) is 0 Å². The first kappa shape index (κ1) is 12.0. The average Bonchev–Trinajstić information content (AvgIpc) is 2.55. The number of thiazole rings is 1. The lowest BCUT2D eigenvalue weighted by Crippen LogP contribution is -2.32. The number of hydrogen-bond donors (Lipinski definition) is 1. The van der Waals surface area contributed by atoms with Crippen molar-refractivity contribution < 1.29 is 0 Å². The summed E-state index contributed by atoms with van der Waals surface area (Å²) in [5, 5.41) is 1.17. The van der Waals surface area contributed by atoms with Gasteiger partial charge in [-0.1, -0.05) is 15.9 Å². The third-order valence-corrected chi connectivity index (χ3v) is 3.95. The van der Waals surface area contributed by atoms with Gasteiger partial charge in [0, 0.05) is 16.4 Å². The van der Waals surface area contributed by atoms with Crippen LogP contribution in [0.5, 0.6) is 0 Å². The second kappa shape index (κ2) is 4.43. The molecule has 2 nitrogen and oxygen atoms in total. The molecule has 16 heavy (non-hydrogen) atoms. The zero-order valence-electron chi connectivity index (χ0n) is 9.46.